The van der Waals surface area contributed by atoms with E-state index < -0.39 is 6.09 Å². The van der Waals surface area contributed by atoms with E-state index in [-0.39, 0.29) is 6.10 Å². The molecule has 0 bridgehead atoms. The fourth-order valence-electron chi connectivity index (χ4n) is 4.02. The fourth-order valence-corrected chi connectivity index (χ4v) is 4.02. The lowest BCUT2D eigenvalue weighted by Gasteiger charge is -2.19. The summed E-state index contributed by atoms with van der Waals surface area (Å²) in [6.07, 6.45) is 0.742. The van der Waals surface area contributed by atoms with Crippen LogP contribution in [0.1, 0.15) is 30.5 Å². The monoisotopic (exact) mass is 461 g/mol. The first-order chi connectivity index (χ1) is 16.4. The Balaban J connectivity index is 1.49. The Bertz CT molecular complexity index is 1210. The smallest absolute Gasteiger partial charge is 0.404 e. The van der Waals surface area contributed by atoms with Gasteiger partial charge in [0.05, 0.1) is 11.7 Å². The van der Waals surface area contributed by atoms with E-state index in [0.717, 1.165) is 31.5 Å². The van der Waals surface area contributed by atoms with Gasteiger partial charge in [0.2, 0.25) is 5.82 Å². The van der Waals surface area contributed by atoms with Gasteiger partial charge in [-0.05, 0) is 62.1 Å². The third-order valence-electron chi connectivity index (χ3n) is 5.70. The number of aromatic nitrogens is 2. The second-order valence-corrected chi connectivity index (χ2v) is 8.47. The standard InChI is InChI=1S/C25H27N5O4/c1-16(2)33-22-6-5-20(14-21(22)15-26)24-28-23(29-34-24)19-4-3-17-7-10-30(11-8-18(17)13-19)12-9-27-25(31)32/h3-6,13-14,16,27H,7-12H2,1-2H3,(H,31,32). The van der Waals surface area contributed by atoms with Crippen molar-refractivity contribution in [2.75, 3.05) is 26.2 Å². The van der Waals surface area contributed by atoms with Crippen molar-refractivity contribution in [1.29, 1.82) is 5.26 Å². The summed E-state index contributed by atoms with van der Waals surface area (Å²) in [5.41, 5.74) is 4.46. The highest BCUT2D eigenvalue weighted by Crippen LogP contribution is 2.29. The van der Waals surface area contributed by atoms with E-state index in [2.05, 4.69) is 38.6 Å². The van der Waals surface area contributed by atoms with Crippen molar-refractivity contribution in [3.63, 3.8) is 0 Å². The lowest BCUT2D eigenvalue weighted by Crippen LogP contribution is -2.35. The number of carbonyl (C=O) groups is 1. The van der Waals surface area contributed by atoms with Crippen LogP contribution in [0.2, 0.25) is 0 Å². The molecule has 2 N–H and O–H groups in total. The minimum atomic E-state index is -0.995. The molecule has 0 aliphatic carbocycles. The van der Waals surface area contributed by atoms with Gasteiger partial charge >= 0.3 is 6.09 Å². The van der Waals surface area contributed by atoms with Crippen LogP contribution in [0.4, 0.5) is 4.79 Å². The molecule has 1 aromatic heterocycles. The zero-order valence-corrected chi connectivity index (χ0v) is 19.2. The van der Waals surface area contributed by atoms with E-state index >= 15 is 0 Å². The average molecular weight is 462 g/mol. The van der Waals surface area contributed by atoms with Crippen molar-refractivity contribution in [2.24, 2.45) is 0 Å². The summed E-state index contributed by atoms with van der Waals surface area (Å²) in [7, 11) is 0. The molecule has 9 heteroatoms. The van der Waals surface area contributed by atoms with Crippen molar-refractivity contribution < 1.29 is 19.2 Å². The van der Waals surface area contributed by atoms with Gasteiger partial charge in [0.25, 0.3) is 5.89 Å². The van der Waals surface area contributed by atoms with Gasteiger partial charge in [-0.3, -0.25) is 0 Å². The number of nitriles is 1. The van der Waals surface area contributed by atoms with E-state index in [1.165, 1.54) is 11.1 Å². The summed E-state index contributed by atoms with van der Waals surface area (Å²) >= 11 is 0. The Kier molecular flexibility index (Phi) is 7.09. The maximum absolute atomic E-state index is 10.7. The van der Waals surface area contributed by atoms with Crippen molar-refractivity contribution in [2.45, 2.75) is 32.8 Å². The molecule has 0 unspecified atom stereocenters. The highest BCUT2D eigenvalue weighted by Gasteiger charge is 2.18. The van der Waals surface area contributed by atoms with E-state index in [9.17, 15) is 10.1 Å². The molecule has 34 heavy (non-hydrogen) atoms. The predicted octanol–water partition coefficient (Wildman–Crippen LogP) is 3.73. The van der Waals surface area contributed by atoms with Crippen molar-refractivity contribution in [3.8, 4) is 34.7 Å². The van der Waals surface area contributed by atoms with E-state index in [1.54, 1.807) is 18.2 Å². The van der Waals surface area contributed by atoms with Gasteiger partial charge in [0, 0.05) is 37.3 Å². The normalized spacial score (nSPS) is 13.7. The molecule has 2 aromatic carbocycles. The number of benzene rings is 2. The number of amides is 1. The van der Waals surface area contributed by atoms with Crippen LogP contribution < -0.4 is 10.1 Å². The molecule has 0 saturated carbocycles. The van der Waals surface area contributed by atoms with Crippen LogP contribution in [0, 0.1) is 11.3 Å². The fraction of sp³-hybridized carbons (Fsp3) is 0.360. The Morgan fingerprint density at radius 1 is 1.21 bits per heavy atom. The molecule has 4 rings (SSSR count). The molecule has 9 nitrogen and oxygen atoms in total. The Morgan fingerprint density at radius 2 is 1.97 bits per heavy atom. The molecule has 0 fully saturated rings. The Labute approximate surface area is 198 Å². The van der Waals surface area contributed by atoms with Crippen LogP contribution in [0.3, 0.4) is 0 Å². The largest absolute Gasteiger partial charge is 0.490 e. The summed E-state index contributed by atoms with van der Waals surface area (Å²) in [5.74, 6) is 1.36. The van der Waals surface area contributed by atoms with Crippen LogP contribution >= 0.6 is 0 Å². The van der Waals surface area contributed by atoms with Crippen LogP contribution in [-0.2, 0) is 12.8 Å². The number of nitrogens with one attached hydrogen (secondary N) is 1. The predicted molar refractivity (Wildman–Crippen MR) is 126 cm³/mol. The van der Waals surface area contributed by atoms with Gasteiger partial charge in [-0.15, -0.1) is 0 Å². The number of rotatable bonds is 7. The molecule has 1 aliphatic rings. The lowest BCUT2D eigenvalue weighted by atomic mass is 10.00. The molecular formula is C25H27N5O4. The van der Waals surface area contributed by atoms with Crippen molar-refractivity contribution in [1.82, 2.24) is 20.4 Å². The number of fused-ring (bicyclic) bond motifs is 1. The van der Waals surface area contributed by atoms with Gasteiger partial charge in [-0.1, -0.05) is 17.3 Å². The minimum absolute atomic E-state index is 0.0327. The molecule has 0 radical (unpaired) electrons. The average Bonchev–Trinajstić information content (AvgIpc) is 3.22. The third-order valence-corrected chi connectivity index (χ3v) is 5.70. The number of hydrogen-bond acceptors (Lipinski definition) is 7. The maximum atomic E-state index is 10.7. The van der Waals surface area contributed by atoms with E-state index in [1.807, 2.05) is 19.9 Å². The van der Waals surface area contributed by atoms with E-state index in [0.29, 0.717) is 41.7 Å². The Hall–Kier alpha value is -3.90. The van der Waals surface area contributed by atoms with Gasteiger partial charge in [0.1, 0.15) is 11.8 Å². The molecule has 176 valence electrons. The van der Waals surface area contributed by atoms with Crippen LogP contribution in [-0.4, -0.2) is 58.5 Å². The molecule has 2 heterocycles. The number of ether oxygens (including phenoxy) is 1. The van der Waals surface area contributed by atoms with Gasteiger partial charge < -0.3 is 24.6 Å². The third kappa shape index (κ3) is 5.53. The highest BCUT2D eigenvalue weighted by atomic mass is 16.5. The van der Waals surface area contributed by atoms with E-state index in [4.69, 9.17) is 14.4 Å². The molecule has 1 amide bonds. The summed E-state index contributed by atoms with van der Waals surface area (Å²) in [5, 5.41) is 24.8. The molecular weight excluding hydrogens is 434 g/mol. The minimum Gasteiger partial charge on any atom is -0.490 e. The topological polar surface area (TPSA) is 125 Å². The quantitative estimate of drug-likeness (QED) is 0.545. The van der Waals surface area contributed by atoms with Crippen molar-refractivity contribution in [3.05, 3.63) is 53.1 Å². The molecule has 3 aromatic rings. The summed E-state index contributed by atoms with van der Waals surface area (Å²) in [6.45, 7) is 6.67. The van der Waals surface area contributed by atoms with Crippen LogP contribution in [0.5, 0.6) is 5.75 Å². The summed E-state index contributed by atoms with van der Waals surface area (Å²) in [6, 6.07) is 13.6. The summed E-state index contributed by atoms with van der Waals surface area (Å²) in [4.78, 5) is 17.5. The second kappa shape index (κ2) is 10.4. The van der Waals surface area contributed by atoms with Gasteiger partial charge in [-0.25, -0.2) is 4.79 Å². The molecule has 0 atom stereocenters. The molecule has 0 spiro atoms. The first-order valence-corrected chi connectivity index (χ1v) is 11.3. The number of carboxylic acid groups (broad SMARTS) is 1. The van der Waals surface area contributed by atoms with Gasteiger partial charge in [0.15, 0.2) is 0 Å². The number of hydrogen-bond donors (Lipinski definition) is 2. The van der Waals surface area contributed by atoms with Crippen LogP contribution in [0.15, 0.2) is 40.9 Å². The second-order valence-electron chi connectivity index (χ2n) is 8.47. The zero-order valence-electron chi connectivity index (χ0n) is 19.2. The van der Waals surface area contributed by atoms with Gasteiger partial charge in [-0.2, -0.15) is 10.2 Å². The summed E-state index contributed by atoms with van der Waals surface area (Å²) < 4.78 is 11.2. The Morgan fingerprint density at radius 3 is 2.71 bits per heavy atom. The molecule has 1 aliphatic heterocycles. The first kappa shape index (κ1) is 23.3. The highest BCUT2D eigenvalue weighted by molar-refractivity contribution is 5.64. The lowest BCUT2D eigenvalue weighted by molar-refractivity contribution is 0.191. The number of nitrogens with zero attached hydrogens (tertiary/aromatic N) is 4. The maximum Gasteiger partial charge on any atom is 0.404 e. The first-order valence-electron chi connectivity index (χ1n) is 11.3. The van der Waals surface area contributed by atoms with Crippen LogP contribution in [0.25, 0.3) is 22.8 Å². The zero-order chi connectivity index (χ0) is 24.1. The van der Waals surface area contributed by atoms with Crippen molar-refractivity contribution >= 4 is 6.09 Å². The SMILES string of the molecule is CC(C)Oc1ccc(-c2nc(-c3ccc4c(c3)CCN(CCNC(=O)O)CC4)no2)cc1C#N. The molecule has 0 saturated heterocycles.